The fraction of sp³-hybridized carbons (Fsp3) is 0.351. The number of halogens is 2. The van der Waals surface area contributed by atoms with E-state index in [-0.39, 0.29) is 14.9 Å². The van der Waals surface area contributed by atoms with Crippen LogP contribution in [0.25, 0.3) is 5.20 Å². The molecule has 0 nitrogen and oxygen atoms in total. The first-order valence-corrected chi connectivity index (χ1v) is 23.9. The second-order valence-electron chi connectivity index (χ2n) is 11.6. The molecule has 41 heavy (non-hydrogen) atoms. The summed E-state index contributed by atoms with van der Waals surface area (Å²) in [5.74, 6) is 1.56. The molecule has 0 spiro atoms. The van der Waals surface area contributed by atoms with Gasteiger partial charge in [0.2, 0.25) is 0 Å². The molecule has 0 radical (unpaired) electrons. The number of allylic oxidation sites excluding steroid dienone is 9. The van der Waals surface area contributed by atoms with Crippen LogP contribution in [0.1, 0.15) is 85.1 Å². The van der Waals surface area contributed by atoms with Crippen molar-refractivity contribution in [1.82, 2.24) is 0 Å². The Labute approximate surface area is 270 Å². The van der Waals surface area contributed by atoms with E-state index in [0.29, 0.717) is 23.3 Å². The maximum atomic E-state index is 4.93. The van der Waals surface area contributed by atoms with Crippen molar-refractivity contribution in [3.63, 3.8) is 0 Å². The van der Waals surface area contributed by atoms with Crippen molar-refractivity contribution in [2.75, 3.05) is 0 Å². The van der Waals surface area contributed by atoms with Crippen molar-refractivity contribution in [1.29, 1.82) is 0 Å². The van der Waals surface area contributed by atoms with Crippen molar-refractivity contribution in [3.05, 3.63) is 140 Å². The number of rotatable bonds is 9. The van der Waals surface area contributed by atoms with Crippen molar-refractivity contribution in [2.45, 2.75) is 75.4 Å². The summed E-state index contributed by atoms with van der Waals surface area (Å²) >= 11 is -0.826. The SMILES string of the molecule is CCCCCCCC[Si@](C)(C1=C2C=CC=CC2c2ccccc21)C1c2ccccc2C2C=CC=CC21.[CH3-].[CH3-].[Cl][Zr+2][Cl]. The van der Waals surface area contributed by atoms with E-state index in [2.05, 4.69) is 111 Å². The summed E-state index contributed by atoms with van der Waals surface area (Å²) in [6.07, 6.45) is 27.3. The molecule has 0 aliphatic heterocycles. The molecule has 2 aromatic carbocycles. The maximum absolute atomic E-state index is 4.93. The topological polar surface area (TPSA) is 0 Å². The molecular weight excluding hydrogens is 635 g/mol. The van der Waals surface area contributed by atoms with E-state index in [1.165, 1.54) is 50.1 Å². The zero-order chi connectivity index (χ0) is 27.2. The van der Waals surface area contributed by atoms with Gasteiger partial charge in [-0.3, -0.25) is 0 Å². The second kappa shape index (κ2) is 16.0. The molecular formula is C37H46Cl2SiZr. The van der Waals surface area contributed by atoms with Gasteiger partial charge in [-0.1, -0.05) is 155 Å². The molecule has 0 fully saturated rings. The van der Waals surface area contributed by atoms with Crippen LogP contribution in [0.2, 0.25) is 12.6 Å². The van der Waals surface area contributed by atoms with Crippen LogP contribution in [-0.2, 0) is 20.8 Å². The van der Waals surface area contributed by atoms with Gasteiger partial charge in [-0.15, -0.1) is 0 Å². The summed E-state index contributed by atoms with van der Waals surface area (Å²) in [4.78, 5) is 0. The Hall–Kier alpha value is -1.18. The quantitative estimate of drug-likeness (QED) is 0.140. The molecule has 0 N–H and O–H groups in total. The number of hydrogen-bond donors (Lipinski definition) is 0. The summed E-state index contributed by atoms with van der Waals surface area (Å²) in [5, 5.41) is 1.76. The first kappa shape index (κ1) is 34.3. The summed E-state index contributed by atoms with van der Waals surface area (Å²) in [7, 11) is 7.91. The number of unbranched alkanes of at least 4 members (excludes halogenated alkanes) is 5. The van der Waals surface area contributed by atoms with Crippen LogP contribution in [0.4, 0.5) is 0 Å². The molecule has 5 atom stereocenters. The number of benzene rings is 2. The Morgan fingerprint density at radius 3 is 2.10 bits per heavy atom. The van der Waals surface area contributed by atoms with E-state index in [4.69, 9.17) is 17.0 Å². The fourth-order valence-electron chi connectivity index (χ4n) is 7.88. The van der Waals surface area contributed by atoms with E-state index in [1.54, 1.807) is 27.5 Å². The van der Waals surface area contributed by atoms with Crippen molar-refractivity contribution < 1.29 is 20.8 Å². The van der Waals surface area contributed by atoms with Gasteiger partial charge in [0.05, 0.1) is 8.07 Å². The fourth-order valence-corrected chi connectivity index (χ4v) is 13.6. The molecule has 0 aromatic heterocycles. The molecule has 6 rings (SSSR count). The van der Waals surface area contributed by atoms with Gasteiger partial charge in [0.1, 0.15) is 0 Å². The molecule has 0 saturated heterocycles. The van der Waals surface area contributed by atoms with Crippen LogP contribution < -0.4 is 0 Å². The summed E-state index contributed by atoms with van der Waals surface area (Å²) in [6, 6.07) is 20.2. The number of fused-ring (bicyclic) bond motifs is 6. The van der Waals surface area contributed by atoms with Gasteiger partial charge < -0.3 is 14.9 Å². The average Bonchev–Trinajstić information content (AvgIpc) is 3.49. The Bertz CT molecular complexity index is 1310. The van der Waals surface area contributed by atoms with E-state index in [0.717, 1.165) is 0 Å². The monoisotopic (exact) mass is 678 g/mol. The zero-order valence-corrected chi connectivity index (χ0v) is 30.2. The van der Waals surface area contributed by atoms with Crippen molar-refractivity contribution in [2.24, 2.45) is 5.92 Å². The third kappa shape index (κ3) is 6.82. The van der Waals surface area contributed by atoms with Gasteiger partial charge in [0.15, 0.2) is 0 Å². The van der Waals surface area contributed by atoms with Gasteiger partial charge in [0.25, 0.3) is 0 Å². The summed E-state index contributed by atoms with van der Waals surface area (Å²) in [5.41, 5.74) is 8.56. The Balaban J connectivity index is 0.000000887. The van der Waals surface area contributed by atoms with Crippen LogP contribution in [0.3, 0.4) is 0 Å². The molecule has 0 saturated carbocycles. The van der Waals surface area contributed by atoms with Crippen LogP contribution in [0.15, 0.2) is 103 Å². The van der Waals surface area contributed by atoms with E-state index in [1.807, 2.05) is 0 Å². The predicted octanol–water partition coefficient (Wildman–Crippen LogP) is 12.1. The van der Waals surface area contributed by atoms with Gasteiger partial charge >= 0.3 is 37.9 Å². The normalized spacial score (nSPS) is 23.5. The van der Waals surface area contributed by atoms with Gasteiger partial charge in [-0.05, 0) is 44.5 Å². The van der Waals surface area contributed by atoms with Gasteiger partial charge in [-0.25, -0.2) is 0 Å². The molecule has 4 aliphatic carbocycles. The molecule has 0 heterocycles. The first-order chi connectivity index (χ1) is 19.2. The standard InChI is InChI=1S/C35H40Si.2CH3.2ClH.Zr/c1-3-4-5-6-7-16-25-36(2,34-30-21-12-8-17-26(30)27-18-9-13-22-31(27)34)35-32-23-14-10-19-28(32)29-20-11-15-24-33(29)35;;;;;/h8-15,17-24,26,28,30,34H,3-7,16,25H2,1-2H3;2*1H3;2*1H;/q;2*-1;;;+4/p-2/t26?,28?,30?,34?,36-;;;;;/m0...../s1. The zero-order valence-electron chi connectivity index (χ0n) is 25.3. The number of hydrogen-bond acceptors (Lipinski definition) is 0. The molecule has 0 amide bonds. The van der Waals surface area contributed by atoms with Crippen LogP contribution in [0.5, 0.6) is 0 Å². The molecule has 0 bridgehead atoms. The van der Waals surface area contributed by atoms with Gasteiger partial charge in [-0.2, -0.15) is 0 Å². The minimum atomic E-state index is -1.96. The molecule has 2 aromatic rings. The second-order valence-corrected chi connectivity index (χ2v) is 19.8. The summed E-state index contributed by atoms with van der Waals surface area (Å²) in [6.45, 7) is 5.08. The Kier molecular flexibility index (Phi) is 13.4. The Morgan fingerprint density at radius 2 is 1.34 bits per heavy atom. The van der Waals surface area contributed by atoms with Gasteiger partial charge in [0, 0.05) is 11.8 Å². The van der Waals surface area contributed by atoms with Crippen molar-refractivity contribution >= 4 is 30.3 Å². The Morgan fingerprint density at radius 1 is 0.732 bits per heavy atom. The predicted molar refractivity (Wildman–Crippen MR) is 182 cm³/mol. The average molecular weight is 681 g/mol. The minimum absolute atomic E-state index is 0. The third-order valence-electron chi connectivity index (χ3n) is 9.44. The van der Waals surface area contributed by atoms with E-state index >= 15 is 0 Å². The van der Waals surface area contributed by atoms with Crippen LogP contribution in [0, 0.1) is 20.8 Å². The van der Waals surface area contributed by atoms with Crippen LogP contribution in [-0.4, -0.2) is 8.07 Å². The summed E-state index contributed by atoms with van der Waals surface area (Å²) < 4.78 is 0. The first-order valence-electron chi connectivity index (χ1n) is 14.7. The van der Waals surface area contributed by atoms with E-state index < -0.39 is 28.9 Å². The van der Waals surface area contributed by atoms with E-state index in [9.17, 15) is 0 Å². The van der Waals surface area contributed by atoms with Crippen LogP contribution >= 0.6 is 17.0 Å². The molecule has 4 unspecified atom stereocenters. The molecule has 4 aliphatic rings. The molecule has 216 valence electrons. The molecule has 4 heteroatoms. The van der Waals surface area contributed by atoms with Crippen molar-refractivity contribution in [3.8, 4) is 0 Å². The third-order valence-corrected chi connectivity index (χ3v) is 14.6.